The van der Waals surface area contributed by atoms with Crippen LogP contribution in [-0.2, 0) is 0 Å². The predicted molar refractivity (Wildman–Crippen MR) is 47.2 cm³/mol. The molecule has 0 bridgehead atoms. The van der Waals surface area contributed by atoms with Gasteiger partial charge in [-0.25, -0.2) is 4.98 Å². The molecule has 4 nitrogen and oxygen atoms in total. The van der Waals surface area contributed by atoms with E-state index in [1.54, 1.807) is 0 Å². The Morgan fingerprint density at radius 1 is 1.67 bits per heavy atom. The summed E-state index contributed by atoms with van der Waals surface area (Å²) in [7, 11) is 0. The van der Waals surface area contributed by atoms with Crippen molar-refractivity contribution >= 4 is 34.5 Å². The van der Waals surface area contributed by atoms with Crippen molar-refractivity contribution in [3.63, 3.8) is 0 Å². The summed E-state index contributed by atoms with van der Waals surface area (Å²) in [6.45, 7) is 0. The molecule has 2 rings (SSSR count). The van der Waals surface area contributed by atoms with Gasteiger partial charge in [-0.3, -0.25) is 0 Å². The third kappa shape index (κ3) is 1.15. The lowest BCUT2D eigenvalue weighted by molar-refractivity contribution is -0.352. The van der Waals surface area contributed by atoms with Crippen LogP contribution < -0.4 is 4.98 Å². The van der Waals surface area contributed by atoms with Crippen molar-refractivity contribution < 1.29 is 4.98 Å². The maximum absolute atomic E-state index is 5.82. The summed E-state index contributed by atoms with van der Waals surface area (Å²) in [6, 6.07) is 0. The lowest BCUT2D eigenvalue weighted by atomic mass is 10.6. The molecule has 0 saturated carbocycles. The minimum Gasteiger partial charge on any atom is -0.311 e. The molecule has 0 aliphatic carbocycles. The van der Waals surface area contributed by atoms with Crippen molar-refractivity contribution in [3.05, 3.63) is 11.5 Å². The van der Waals surface area contributed by atoms with Gasteiger partial charge in [0.05, 0.1) is 0 Å². The average Bonchev–Trinajstić information content (AvgIpc) is 2.49. The standard InChI is InChI=1S/C6H5ClN4S/c1-12-6-10-3-4(7)8-2-9-5(3)11-6/h2H,1H3,(H,8,9,10,11)/p+1. The van der Waals surface area contributed by atoms with Crippen molar-refractivity contribution in [2.24, 2.45) is 0 Å². The van der Waals surface area contributed by atoms with Crippen LogP contribution in [0.4, 0.5) is 0 Å². The molecule has 2 heterocycles. The Hall–Kier alpha value is -0.810. The number of aromatic nitrogens is 4. The number of nitrogens with zero attached hydrogens (tertiary/aromatic N) is 2. The Morgan fingerprint density at radius 3 is 3.17 bits per heavy atom. The van der Waals surface area contributed by atoms with E-state index in [9.17, 15) is 0 Å². The van der Waals surface area contributed by atoms with E-state index in [1.165, 1.54) is 18.1 Å². The molecule has 2 N–H and O–H groups in total. The predicted octanol–water partition coefficient (Wildman–Crippen LogP) is 1.15. The van der Waals surface area contributed by atoms with Gasteiger partial charge in [0, 0.05) is 0 Å². The van der Waals surface area contributed by atoms with Crippen LogP contribution >= 0.6 is 23.4 Å². The molecule has 0 radical (unpaired) electrons. The maximum atomic E-state index is 5.82. The number of rotatable bonds is 1. The number of thioether (sulfide) groups is 1. The summed E-state index contributed by atoms with van der Waals surface area (Å²) in [4.78, 5) is 14.0. The van der Waals surface area contributed by atoms with Crippen LogP contribution in [0, 0.1) is 0 Å². The molecule has 2 aromatic rings. The van der Waals surface area contributed by atoms with E-state index in [-0.39, 0.29) is 0 Å². The Labute approximate surface area is 77.8 Å². The second-order valence-corrected chi connectivity index (χ2v) is 3.32. The van der Waals surface area contributed by atoms with Gasteiger partial charge in [-0.05, 0) is 17.9 Å². The van der Waals surface area contributed by atoms with Crippen molar-refractivity contribution in [2.75, 3.05) is 6.26 Å². The first-order chi connectivity index (χ1) is 5.81. The zero-order valence-corrected chi connectivity index (χ0v) is 7.83. The molecule has 0 atom stereocenters. The monoisotopic (exact) mass is 201 g/mol. The Bertz CT molecular complexity index is 413. The largest absolute Gasteiger partial charge is 0.311 e. The number of H-pyrrole nitrogens is 2. The average molecular weight is 202 g/mol. The van der Waals surface area contributed by atoms with Gasteiger partial charge >= 0.3 is 0 Å². The SMILES string of the molecule is CSc1nc2[nH+]cnc(Cl)c2[nH]1. The molecule has 0 unspecified atom stereocenters. The van der Waals surface area contributed by atoms with E-state index >= 15 is 0 Å². The quantitative estimate of drug-likeness (QED) is 0.556. The lowest BCUT2D eigenvalue weighted by Crippen LogP contribution is -2.03. The van der Waals surface area contributed by atoms with Gasteiger partial charge in [-0.15, -0.1) is 0 Å². The van der Waals surface area contributed by atoms with E-state index in [4.69, 9.17) is 11.6 Å². The van der Waals surface area contributed by atoms with Gasteiger partial charge < -0.3 is 4.98 Å². The van der Waals surface area contributed by atoms with Crippen LogP contribution in [0.2, 0.25) is 5.15 Å². The van der Waals surface area contributed by atoms with Crippen molar-refractivity contribution in [2.45, 2.75) is 5.16 Å². The summed E-state index contributed by atoms with van der Waals surface area (Å²) >= 11 is 7.35. The Morgan fingerprint density at radius 2 is 2.50 bits per heavy atom. The molecule has 0 spiro atoms. The first kappa shape index (κ1) is 7.82. The second kappa shape index (κ2) is 2.91. The summed E-state index contributed by atoms with van der Waals surface area (Å²) in [5, 5.41) is 1.27. The minimum atomic E-state index is 0.441. The van der Waals surface area contributed by atoms with Crippen molar-refractivity contribution in [1.29, 1.82) is 0 Å². The fourth-order valence-electron chi connectivity index (χ4n) is 0.917. The highest BCUT2D eigenvalue weighted by molar-refractivity contribution is 7.98. The molecule has 0 aromatic carbocycles. The zero-order valence-electron chi connectivity index (χ0n) is 6.26. The molecule has 6 heteroatoms. The molecular weight excluding hydrogens is 196 g/mol. The smallest absolute Gasteiger partial charge is 0.291 e. The first-order valence-corrected chi connectivity index (χ1v) is 4.87. The van der Waals surface area contributed by atoms with Gasteiger partial charge in [0.2, 0.25) is 16.6 Å². The van der Waals surface area contributed by atoms with E-state index in [0.29, 0.717) is 5.15 Å². The van der Waals surface area contributed by atoms with E-state index in [2.05, 4.69) is 19.9 Å². The van der Waals surface area contributed by atoms with Gasteiger partial charge in [-0.2, -0.15) is 0 Å². The highest BCUT2D eigenvalue weighted by Crippen LogP contribution is 2.18. The Kier molecular flexibility index (Phi) is 1.90. The lowest BCUT2D eigenvalue weighted by Gasteiger charge is -1.81. The molecular formula is C6H6ClN4S+. The topological polar surface area (TPSA) is 55.7 Å². The molecule has 0 amide bonds. The van der Waals surface area contributed by atoms with Gasteiger partial charge in [0.15, 0.2) is 5.52 Å². The number of hydrogen-bond donors (Lipinski definition) is 1. The van der Waals surface area contributed by atoms with Crippen LogP contribution in [0.15, 0.2) is 11.5 Å². The number of nitrogens with one attached hydrogen (secondary N) is 2. The van der Waals surface area contributed by atoms with Gasteiger partial charge in [0.1, 0.15) is 0 Å². The second-order valence-electron chi connectivity index (χ2n) is 2.16. The molecule has 0 saturated heterocycles. The van der Waals surface area contributed by atoms with Crippen LogP contribution in [0.5, 0.6) is 0 Å². The highest BCUT2D eigenvalue weighted by atomic mass is 35.5. The molecule has 0 fully saturated rings. The number of fused-ring (bicyclic) bond motifs is 1. The third-order valence-electron chi connectivity index (χ3n) is 1.46. The maximum Gasteiger partial charge on any atom is 0.291 e. The molecule has 62 valence electrons. The number of imidazole rings is 1. The van der Waals surface area contributed by atoms with Crippen LogP contribution in [0.25, 0.3) is 11.2 Å². The summed E-state index contributed by atoms with van der Waals surface area (Å²) < 4.78 is 0. The summed E-state index contributed by atoms with van der Waals surface area (Å²) in [5.74, 6) is 0. The van der Waals surface area contributed by atoms with Crippen LogP contribution in [0.3, 0.4) is 0 Å². The molecule has 0 aliphatic rings. The van der Waals surface area contributed by atoms with Crippen molar-refractivity contribution in [1.82, 2.24) is 15.0 Å². The minimum absolute atomic E-state index is 0.441. The third-order valence-corrected chi connectivity index (χ3v) is 2.33. The van der Waals surface area contributed by atoms with Crippen LogP contribution in [-0.4, -0.2) is 21.2 Å². The Balaban J connectivity index is 2.74. The first-order valence-electron chi connectivity index (χ1n) is 3.27. The molecule has 0 aliphatic heterocycles. The van der Waals surface area contributed by atoms with E-state index < -0.39 is 0 Å². The normalized spacial score (nSPS) is 10.8. The van der Waals surface area contributed by atoms with Gasteiger partial charge in [-0.1, -0.05) is 21.7 Å². The van der Waals surface area contributed by atoms with E-state index in [1.807, 2.05) is 6.26 Å². The summed E-state index contributed by atoms with van der Waals surface area (Å²) in [6.07, 6.45) is 3.47. The van der Waals surface area contributed by atoms with Crippen molar-refractivity contribution in [3.8, 4) is 0 Å². The fourth-order valence-corrected chi connectivity index (χ4v) is 1.49. The number of halogens is 1. The fraction of sp³-hybridized carbons (Fsp3) is 0.167. The van der Waals surface area contributed by atoms with Gasteiger partial charge in [0.25, 0.3) is 5.65 Å². The summed E-state index contributed by atoms with van der Waals surface area (Å²) in [5.41, 5.74) is 1.49. The highest BCUT2D eigenvalue weighted by Gasteiger charge is 2.12. The molecule has 2 aromatic heterocycles. The molecule has 12 heavy (non-hydrogen) atoms. The van der Waals surface area contributed by atoms with E-state index in [0.717, 1.165) is 16.3 Å². The number of hydrogen-bond acceptors (Lipinski definition) is 3. The van der Waals surface area contributed by atoms with Crippen LogP contribution in [0.1, 0.15) is 0 Å². The zero-order chi connectivity index (χ0) is 8.55. The number of aromatic amines is 2.